The maximum atomic E-state index is 12.5. The Bertz CT molecular complexity index is 435. The van der Waals surface area contributed by atoms with Gasteiger partial charge in [0.25, 0.3) is 0 Å². The molecule has 0 saturated carbocycles. The lowest BCUT2D eigenvalue weighted by molar-refractivity contribution is -0.126. The van der Waals surface area contributed by atoms with Gasteiger partial charge in [0.1, 0.15) is 0 Å². The first kappa shape index (κ1) is 16.3. The van der Waals surface area contributed by atoms with E-state index in [0.29, 0.717) is 6.42 Å². The number of amides is 1. The number of nitrogens with zero attached hydrogens (tertiary/aromatic N) is 1. The molecule has 1 aliphatic rings. The molecule has 1 fully saturated rings. The molecule has 0 aromatic heterocycles. The van der Waals surface area contributed by atoms with Gasteiger partial charge < -0.3 is 10.4 Å². The van der Waals surface area contributed by atoms with Crippen LogP contribution in [0.15, 0.2) is 30.3 Å². The zero-order valence-electron chi connectivity index (χ0n) is 12.5. The molecular formula is C16H24N2O2S. The quantitative estimate of drug-likeness (QED) is 0.839. The van der Waals surface area contributed by atoms with E-state index in [9.17, 15) is 9.90 Å². The van der Waals surface area contributed by atoms with Crippen molar-refractivity contribution < 1.29 is 9.90 Å². The van der Waals surface area contributed by atoms with E-state index in [1.54, 1.807) is 0 Å². The summed E-state index contributed by atoms with van der Waals surface area (Å²) in [6, 6.07) is 9.61. The molecule has 1 aliphatic heterocycles. The van der Waals surface area contributed by atoms with Crippen LogP contribution in [0.2, 0.25) is 0 Å². The van der Waals surface area contributed by atoms with Gasteiger partial charge in [-0.25, -0.2) is 0 Å². The summed E-state index contributed by atoms with van der Waals surface area (Å²) in [5, 5.41) is 12.3. The lowest BCUT2D eigenvalue weighted by atomic mass is 10.0. The summed E-state index contributed by atoms with van der Waals surface area (Å²) in [6.07, 6.45) is 0.540. The summed E-state index contributed by atoms with van der Waals surface area (Å²) >= 11 is 1.94. The highest BCUT2D eigenvalue weighted by Gasteiger charge is 2.25. The van der Waals surface area contributed by atoms with Gasteiger partial charge in [0.2, 0.25) is 5.91 Å². The Hall–Kier alpha value is -1.04. The average Bonchev–Trinajstić information content (AvgIpc) is 2.55. The number of hydrogen-bond acceptors (Lipinski definition) is 4. The fourth-order valence-electron chi connectivity index (χ4n) is 2.56. The Labute approximate surface area is 130 Å². The second-order valence-electron chi connectivity index (χ2n) is 5.31. The van der Waals surface area contributed by atoms with E-state index in [2.05, 4.69) is 10.2 Å². The normalized spacial score (nSPS) is 19.0. The maximum absolute atomic E-state index is 12.5. The topological polar surface area (TPSA) is 52.6 Å². The minimum absolute atomic E-state index is 0.0456. The molecule has 21 heavy (non-hydrogen) atoms. The van der Waals surface area contributed by atoms with E-state index in [1.165, 1.54) is 0 Å². The smallest absolute Gasteiger partial charge is 0.237 e. The summed E-state index contributed by atoms with van der Waals surface area (Å²) < 4.78 is 0. The lowest BCUT2D eigenvalue weighted by Crippen LogP contribution is -2.49. The van der Waals surface area contributed by atoms with Crippen LogP contribution in [0.5, 0.6) is 0 Å². The zero-order valence-corrected chi connectivity index (χ0v) is 13.3. The third-order valence-electron chi connectivity index (χ3n) is 3.91. The Kier molecular flexibility index (Phi) is 6.54. The Morgan fingerprint density at radius 2 is 2.00 bits per heavy atom. The van der Waals surface area contributed by atoms with Crippen molar-refractivity contribution in [3.63, 3.8) is 0 Å². The van der Waals surface area contributed by atoms with Crippen molar-refractivity contribution in [2.24, 2.45) is 0 Å². The monoisotopic (exact) mass is 308 g/mol. The lowest BCUT2D eigenvalue weighted by Gasteiger charge is -2.32. The molecule has 0 bridgehead atoms. The summed E-state index contributed by atoms with van der Waals surface area (Å²) in [6.45, 7) is 3.96. The molecule has 1 saturated heterocycles. The second-order valence-corrected chi connectivity index (χ2v) is 6.53. The molecule has 1 aromatic rings. The SMILES string of the molecule is CC(C(=O)NC(CCO)c1ccccc1)N1CCSCC1. The predicted molar refractivity (Wildman–Crippen MR) is 87.4 cm³/mol. The van der Waals surface area contributed by atoms with Crippen molar-refractivity contribution in [3.05, 3.63) is 35.9 Å². The van der Waals surface area contributed by atoms with Gasteiger partial charge in [0.15, 0.2) is 0 Å². The molecular weight excluding hydrogens is 284 g/mol. The molecule has 5 heteroatoms. The Balaban J connectivity index is 1.97. The maximum Gasteiger partial charge on any atom is 0.237 e. The van der Waals surface area contributed by atoms with Gasteiger partial charge in [0.05, 0.1) is 12.1 Å². The number of benzene rings is 1. The zero-order chi connectivity index (χ0) is 15.1. The summed E-state index contributed by atoms with van der Waals surface area (Å²) in [4.78, 5) is 14.7. The summed E-state index contributed by atoms with van der Waals surface area (Å²) in [5.41, 5.74) is 1.04. The molecule has 2 atom stereocenters. The number of nitrogens with one attached hydrogen (secondary N) is 1. The fourth-order valence-corrected chi connectivity index (χ4v) is 3.49. The van der Waals surface area contributed by atoms with Crippen molar-refractivity contribution in [1.29, 1.82) is 0 Å². The van der Waals surface area contributed by atoms with E-state index < -0.39 is 0 Å². The first-order chi connectivity index (χ1) is 10.2. The molecule has 2 N–H and O–H groups in total. The van der Waals surface area contributed by atoms with Crippen LogP contribution in [0.25, 0.3) is 0 Å². The number of rotatable bonds is 6. The van der Waals surface area contributed by atoms with E-state index in [-0.39, 0.29) is 24.6 Å². The molecule has 0 spiro atoms. The predicted octanol–water partition coefficient (Wildman–Crippen LogP) is 1.66. The molecule has 0 radical (unpaired) electrons. The Morgan fingerprint density at radius 3 is 2.62 bits per heavy atom. The highest BCUT2D eigenvalue weighted by molar-refractivity contribution is 7.99. The van der Waals surface area contributed by atoms with E-state index in [4.69, 9.17) is 0 Å². The first-order valence-corrected chi connectivity index (χ1v) is 8.66. The van der Waals surface area contributed by atoms with Gasteiger partial charge in [-0.15, -0.1) is 0 Å². The van der Waals surface area contributed by atoms with Crippen molar-refractivity contribution in [1.82, 2.24) is 10.2 Å². The van der Waals surface area contributed by atoms with E-state index >= 15 is 0 Å². The highest BCUT2D eigenvalue weighted by atomic mass is 32.2. The fraction of sp³-hybridized carbons (Fsp3) is 0.562. The second kappa shape index (κ2) is 8.41. The number of carbonyl (C=O) groups is 1. The molecule has 1 amide bonds. The van der Waals surface area contributed by atoms with Crippen molar-refractivity contribution in [2.75, 3.05) is 31.2 Å². The third-order valence-corrected chi connectivity index (χ3v) is 4.85. The largest absolute Gasteiger partial charge is 0.396 e. The number of thioether (sulfide) groups is 1. The Morgan fingerprint density at radius 1 is 1.33 bits per heavy atom. The van der Waals surface area contributed by atoms with Crippen LogP contribution in [0.4, 0.5) is 0 Å². The third kappa shape index (κ3) is 4.73. The number of aliphatic hydroxyl groups is 1. The molecule has 116 valence electrons. The van der Waals surface area contributed by atoms with Gasteiger partial charge in [-0.2, -0.15) is 11.8 Å². The van der Waals surface area contributed by atoms with Crippen molar-refractivity contribution in [3.8, 4) is 0 Å². The molecule has 4 nitrogen and oxygen atoms in total. The summed E-state index contributed by atoms with van der Waals surface area (Å²) in [7, 11) is 0. The van der Waals surface area contributed by atoms with Crippen molar-refractivity contribution in [2.45, 2.75) is 25.4 Å². The molecule has 2 unspecified atom stereocenters. The van der Waals surface area contributed by atoms with Crippen LogP contribution in [-0.2, 0) is 4.79 Å². The van der Waals surface area contributed by atoms with Crippen LogP contribution in [0.3, 0.4) is 0 Å². The van der Waals surface area contributed by atoms with E-state index in [1.807, 2.05) is 49.0 Å². The van der Waals surface area contributed by atoms with Crippen LogP contribution < -0.4 is 5.32 Å². The average molecular weight is 308 g/mol. The van der Waals surface area contributed by atoms with Gasteiger partial charge in [-0.3, -0.25) is 9.69 Å². The molecule has 2 rings (SSSR count). The van der Waals surface area contributed by atoms with Crippen LogP contribution in [0, 0.1) is 0 Å². The summed E-state index contributed by atoms with van der Waals surface area (Å²) in [5.74, 6) is 2.23. The van der Waals surface area contributed by atoms with Gasteiger partial charge in [0, 0.05) is 31.2 Å². The highest BCUT2D eigenvalue weighted by Crippen LogP contribution is 2.18. The van der Waals surface area contributed by atoms with Gasteiger partial charge >= 0.3 is 0 Å². The van der Waals surface area contributed by atoms with Crippen LogP contribution in [0.1, 0.15) is 24.9 Å². The first-order valence-electron chi connectivity index (χ1n) is 7.50. The van der Waals surface area contributed by atoms with Crippen molar-refractivity contribution >= 4 is 17.7 Å². The standard InChI is InChI=1S/C16H24N2O2S/c1-13(18-8-11-21-12-9-18)16(20)17-15(7-10-19)14-5-3-2-4-6-14/h2-6,13,15,19H,7-12H2,1H3,(H,17,20). The van der Waals surface area contributed by atoms with Gasteiger partial charge in [-0.05, 0) is 18.9 Å². The van der Waals surface area contributed by atoms with Gasteiger partial charge in [-0.1, -0.05) is 30.3 Å². The molecule has 0 aliphatic carbocycles. The van der Waals surface area contributed by atoms with Crippen LogP contribution >= 0.6 is 11.8 Å². The number of aliphatic hydroxyl groups excluding tert-OH is 1. The number of hydrogen-bond donors (Lipinski definition) is 2. The molecule has 1 heterocycles. The van der Waals surface area contributed by atoms with E-state index in [0.717, 1.165) is 30.2 Å². The minimum Gasteiger partial charge on any atom is -0.396 e. The minimum atomic E-state index is -0.120. The van der Waals surface area contributed by atoms with Crippen LogP contribution in [-0.4, -0.2) is 53.2 Å². The number of carbonyl (C=O) groups excluding carboxylic acids is 1. The molecule has 1 aromatic carbocycles.